The van der Waals surface area contributed by atoms with Gasteiger partial charge in [-0.25, -0.2) is 0 Å². The molecule has 14 heavy (non-hydrogen) atoms. The topological polar surface area (TPSA) is 55.3 Å². The summed E-state index contributed by atoms with van der Waals surface area (Å²) < 4.78 is 8.77. The summed E-state index contributed by atoms with van der Waals surface area (Å²) in [7, 11) is 3.14. The van der Waals surface area contributed by atoms with Crippen molar-refractivity contribution in [3.8, 4) is 0 Å². The molecule has 0 unspecified atom stereocenters. The second-order valence-electron chi connectivity index (χ2n) is 2.74. The summed E-state index contributed by atoms with van der Waals surface area (Å²) in [6.07, 6.45) is 0. The molecule has 1 rings (SSSR count). The van der Waals surface area contributed by atoms with E-state index in [2.05, 4.69) is 14.3 Å². The van der Waals surface area contributed by atoms with Gasteiger partial charge in [-0.2, -0.15) is 0 Å². The number of rotatable bonds is 4. The van der Waals surface area contributed by atoms with E-state index in [0.29, 0.717) is 16.6 Å². The molecular formula is C7H10ClN3O2S. The van der Waals surface area contributed by atoms with Crippen LogP contribution < -0.4 is 0 Å². The smallest absolute Gasteiger partial charge is 0.319 e. The molecule has 7 heteroatoms. The number of hydrogen-bond donors (Lipinski definition) is 0. The Kier molecular flexibility index (Phi) is 4.24. The van der Waals surface area contributed by atoms with Gasteiger partial charge in [-0.3, -0.25) is 9.69 Å². The summed E-state index contributed by atoms with van der Waals surface area (Å²) in [5.74, 6) is -0.285. The Morgan fingerprint density at radius 1 is 1.71 bits per heavy atom. The molecule has 0 radical (unpaired) electrons. The number of ether oxygens (including phenoxy) is 1. The highest BCUT2D eigenvalue weighted by Crippen LogP contribution is 2.18. The molecule has 5 nitrogen and oxygen atoms in total. The number of likely N-dealkylation sites (N-methyl/N-ethyl adjacent to an activating group) is 1. The lowest BCUT2D eigenvalue weighted by molar-refractivity contribution is -0.141. The zero-order valence-corrected chi connectivity index (χ0v) is 9.43. The molecule has 0 spiro atoms. The fourth-order valence-corrected chi connectivity index (χ4v) is 1.50. The Balaban J connectivity index is 2.45. The highest BCUT2D eigenvalue weighted by molar-refractivity contribution is 7.10. The highest BCUT2D eigenvalue weighted by atomic mass is 35.5. The van der Waals surface area contributed by atoms with E-state index in [4.69, 9.17) is 11.6 Å². The number of methoxy groups -OCH3 is 1. The highest BCUT2D eigenvalue weighted by Gasteiger charge is 2.11. The number of hydrogen-bond acceptors (Lipinski definition) is 6. The normalized spacial score (nSPS) is 10.6. The van der Waals surface area contributed by atoms with E-state index in [9.17, 15) is 4.79 Å². The lowest BCUT2D eigenvalue weighted by Gasteiger charge is -2.12. The third-order valence-electron chi connectivity index (χ3n) is 1.56. The monoisotopic (exact) mass is 235 g/mol. The summed E-state index contributed by atoms with van der Waals surface area (Å²) in [4.78, 5) is 12.7. The van der Waals surface area contributed by atoms with Crippen LogP contribution in [0, 0.1) is 0 Å². The van der Waals surface area contributed by atoms with Gasteiger partial charge in [-0.1, -0.05) is 16.1 Å². The number of esters is 1. The molecular weight excluding hydrogens is 226 g/mol. The number of nitrogens with zero attached hydrogens (tertiary/aromatic N) is 3. The lowest BCUT2D eigenvalue weighted by atomic mass is 10.4. The summed E-state index contributed by atoms with van der Waals surface area (Å²) in [5.41, 5.74) is 0.683. The van der Waals surface area contributed by atoms with E-state index in [1.807, 2.05) is 0 Å². The van der Waals surface area contributed by atoms with E-state index < -0.39 is 0 Å². The van der Waals surface area contributed by atoms with Crippen molar-refractivity contribution in [2.75, 3.05) is 20.7 Å². The van der Waals surface area contributed by atoms with Crippen LogP contribution in [0.5, 0.6) is 0 Å². The molecule has 0 aliphatic heterocycles. The molecule has 0 aliphatic carbocycles. The minimum atomic E-state index is -0.285. The summed E-state index contributed by atoms with van der Waals surface area (Å²) >= 11 is 6.94. The zero-order valence-electron chi connectivity index (χ0n) is 7.86. The Hall–Kier alpha value is -0.720. The fourth-order valence-electron chi connectivity index (χ4n) is 0.888. The Morgan fingerprint density at radius 3 is 2.93 bits per heavy atom. The van der Waals surface area contributed by atoms with E-state index in [1.54, 1.807) is 11.9 Å². The number of aromatic nitrogens is 2. The Bertz CT molecular complexity index is 318. The van der Waals surface area contributed by atoms with Crippen molar-refractivity contribution in [1.82, 2.24) is 14.5 Å². The van der Waals surface area contributed by atoms with Crippen molar-refractivity contribution in [3.05, 3.63) is 10.0 Å². The number of carbonyl (C=O) groups is 1. The molecule has 1 aromatic heterocycles. The van der Waals surface area contributed by atoms with Crippen LogP contribution in [0.25, 0.3) is 0 Å². The van der Waals surface area contributed by atoms with Gasteiger partial charge in [0.25, 0.3) is 0 Å². The van der Waals surface area contributed by atoms with Crippen LogP contribution in [0.2, 0.25) is 4.34 Å². The molecule has 0 amide bonds. The van der Waals surface area contributed by atoms with E-state index in [0.717, 1.165) is 11.5 Å². The van der Waals surface area contributed by atoms with Crippen molar-refractivity contribution in [2.45, 2.75) is 6.54 Å². The minimum absolute atomic E-state index is 0.213. The molecule has 1 heterocycles. The molecule has 0 bridgehead atoms. The van der Waals surface area contributed by atoms with Crippen molar-refractivity contribution in [3.63, 3.8) is 0 Å². The zero-order chi connectivity index (χ0) is 10.6. The van der Waals surface area contributed by atoms with Crippen LogP contribution in [0.3, 0.4) is 0 Å². The van der Waals surface area contributed by atoms with Crippen LogP contribution in [-0.4, -0.2) is 41.2 Å². The summed E-state index contributed by atoms with van der Waals surface area (Å²) in [6.45, 7) is 0.703. The SMILES string of the molecule is COC(=O)CN(C)Cc1nnsc1Cl. The predicted molar refractivity (Wildman–Crippen MR) is 53.3 cm³/mol. The van der Waals surface area contributed by atoms with Gasteiger partial charge in [0.15, 0.2) is 0 Å². The van der Waals surface area contributed by atoms with Gasteiger partial charge in [-0.15, -0.1) is 5.10 Å². The van der Waals surface area contributed by atoms with Gasteiger partial charge in [-0.05, 0) is 7.05 Å². The van der Waals surface area contributed by atoms with Gasteiger partial charge >= 0.3 is 5.97 Å². The van der Waals surface area contributed by atoms with E-state index >= 15 is 0 Å². The van der Waals surface area contributed by atoms with Gasteiger partial charge in [0, 0.05) is 18.1 Å². The maximum Gasteiger partial charge on any atom is 0.319 e. The van der Waals surface area contributed by atoms with E-state index in [-0.39, 0.29) is 12.5 Å². The molecule has 78 valence electrons. The maximum atomic E-state index is 10.9. The quantitative estimate of drug-likeness (QED) is 0.723. The van der Waals surface area contributed by atoms with Gasteiger partial charge in [0.1, 0.15) is 10.0 Å². The molecule has 0 fully saturated rings. The average molecular weight is 236 g/mol. The molecule has 0 saturated heterocycles. The molecule has 0 saturated carbocycles. The molecule has 0 atom stereocenters. The van der Waals surface area contributed by atoms with Gasteiger partial charge in [0.2, 0.25) is 0 Å². The third-order valence-corrected chi connectivity index (χ3v) is 2.54. The van der Waals surface area contributed by atoms with Crippen LogP contribution in [0.1, 0.15) is 5.69 Å². The second kappa shape index (κ2) is 5.23. The van der Waals surface area contributed by atoms with Crippen molar-refractivity contribution in [2.24, 2.45) is 0 Å². The predicted octanol–water partition coefficient (Wildman–Crippen LogP) is 0.796. The maximum absolute atomic E-state index is 10.9. The van der Waals surface area contributed by atoms with Crippen LogP contribution in [-0.2, 0) is 16.1 Å². The third kappa shape index (κ3) is 3.21. The van der Waals surface area contributed by atoms with Crippen molar-refractivity contribution >= 4 is 29.1 Å². The van der Waals surface area contributed by atoms with Crippen molar-refractivity contribution in [1.29, 1.82) is 0 Å². The minimum Gasteiger partial charge on any atom is -0.468 e. The van der Waals surface area contributed by atoms with Crippen LogP contribution >= 0.6 is 23.1 Å². The second-order valence-corrected chi connectivity index (χ2v) is 4.10. The van der Waals surface area contributed by atoms with Crippen LogP contribution in [0.4, 0.5) is 0 Å². The first-order valence-corrected chi connectivity index (χ1v) is 5.00. The first-order chi connectivity index (χ1) is 6.63. The Morgan fingerprint density at radius 2 is 2.43 bits per heavy atom. The lowest BCUT2D eigenvalue weighted by Crippen LogP contribution is -2.26. The molecule has 1 aromatic rings. The average Bonchev–Trinajstić information content (AvgIpc) is 2.51. The largest absolute Gasteiger partial charge is 0.468 e. The van der Waals surface area contributed by atoms with E-state index in [1.165, 1.54) is 7.11 Å². The Labute approximate surface area is 90.8 Å². The summed E-state index contributed by atoms with van der Waals surface area (Å²) in [6, 6.07) is 0. The summed E-state index contributed by atoms with van der Waals surface area (Å²) in [5, 5.41) is 3.83. The van der Waals surface area contributed by atoms with Gasteiger partial charge in [0.05, 0.1) is 13.7 Å². The fraction of sp³-hybridized carbons (Fsp3) is 0.571. The first kappa shape index (κ1) is 11.4. The number of halogens is 1. The molecule has 0 aromatic carbocycles. The molecule has 0 N–H and O–H groups in total. The standard InChI is InChI=1S/C7H10ClN3O2S/c1-11(4-6(12)13-2)3-5-7(8)14-10-9-5/h3-4H2,1-2H3. The van der Waals surface area contributed by atoms with Gasteiger partial charge < -0.3 is 4.74 Å². The van der Waals surface area contributed by atoms with Crippen LogP contribution in [0.15, 0.2) is 0 Å². The molecule has 0 aliphatic rings. The van der Waals surface area contributed by atoms with Crippen molar-refractivity contribution < 1.29 is 9.53 Å². The first-order valence-electron chi connectivity index (χ1n) is 3.85. The number of carbonyl (C=O) groups excluding carboxylic acids is 1.